The molecule has 0 radical (unpaired) electrons. The minimum Gasteiger partial charge on any atom is -0.381 e. The van der Waals surface area contributed by atoms with E-state index in [2.05, 4.69) is 60.7 Å². The molecule has 1 aliphatic rings. The highest BCUT2D eigenvalue weighted by atomic mass is 16.5. The van der Waals surface area contributed by atoms with Crippen LogP contribution in [0, 0.1) is 5.92 Å². The van der Waals surface area contributed by atoms with Crippen molar-refractivity contribution in [3.63, 3.8) is 0 Å². The summed E-state index contributed by atoms with van der Waals surface area (Å²) in [4.78, 5) is 17.9. The number of ether oxygens (including phenoxy) is 1. The molecule has 0 aliphatic carbocycles. The second-order valence-corrected chi connectivity index (χ2v) is 8.69. The van der Waals surface area contributed by atoms with Crippen molar-refractivity contribution in [2.75, 3.05) is 46.9 Å². The molecule has 1 amide bonds. The van der Waals surface area contributed by atoms with Crippen molar-refractivity contribution in [2.45, 2.75) is 39.0 Å². The molecule has 0 saturated carbocycles. The number of likely N-dealkylation sites (N-methyl/N-ethyl adjacent to an activating group) is 1. The third-order valence-electron chi connectivity index (χ3n) is 4.98. The van der Waals surface area contributed by atoms with Crippen LogP contribution in [0.15, 0.2) is 29.3 Å². The van der Waals surface area contributed by atoms with Crippen molar-refractivity contribution in [1.82, 2.24) is 15.5 Å². The van der Waals surface area contributed by atoms with Gasteiger partial charge in [0.2, 0.25) is 5.91 Å². The summed E-state index contributed by atoms with van der Waals surface area (Å²) < 4.78 is 5.43. The maximum Gasteiger partial charge on any atom is 0.243 e. The minimum atomic E-state index is -0.0110. The van der Waals surface area contributed by atoms with Crippen LogP contribution in [0.1, 0.15) is 38.3 Å². The summed E-state index contributed by atoms with van der Waals surface area (Å²) in [7, 11) is 3.49. The fraction of sp³-hybridized carbons (Fsp3) is 0.636. The van der Waals surface area contributed by atoms with Crippen molar-refractivity contribution >= 4 is 11.9 Å². The molecule has 156 valence electrons. The highest BCUT2D eigenvalue weighted by molar-refractivity contribution is 5.84. The molecule has 1 aromatic carbocycles. The standard InChI is InChI=1S/C22H36N4O2/c1-22(2,3)19-8-6-17(7-9-19)10-12-23-21(25-15-20(27)26(4)5)24-14-18-11-13-28-16-18/h6-9,18H,10-16H2,1-5H3,(H2,23,24,25). The van der Waals surface area contributed by atoms with E-state index in [1.54, 1.807) is 19.0 Å². The molecule has 1 atom stereocenters. The quantitative estimate of drug-likeness (QED) is 0.555. The third kappa shape index (κ3) is 7.50. The number of guanidine groups is 1. The number of nitrogens with one attached hydrogen (secondary N) is 2. The van der Waals surface area contributed by atoms with Gasteiger partial charge >= 0.3 is 0 Å². The maximum atomic E-state index is 11.9. The van der Waals surface area contributed by atoms with Gasteiger partial charge in [-0.05, 0) is 29.4 Å². The van der Waals surface area contributed by atoms with Crippen molar-refractivity contribution in [3.05, 3.63) is 35.4 Å². The van der Waals surface area contributed by atoms with Crippen LogP contribution >= 0.6 is 0 Å². The number of carbonyl (C=O) groups is 1. The summed E-state index contributed by atoms with van der Waals surface area (Å²) in [5.41, 5.74) is 2.80. The van der Waals surface area contributed by atoms with E-state index in [9.17, 15) is 4.79 Å². The van der Waals surface area contributed by atoms with Crippen molar-refractivity contribution < 1.29 is 9.53 Å². The van der Waals surface area contributed by atoms with Crippen molar-refractivity contribution in [2.24, 2.45) is 10.9 Å². The minimum absolute atomic E-state index is 0.0110. The topological polar surface area (TPSA) is 66.0 Å². The third-order valence-corrected chi connectivity index (χ3v) is 4.98. The molecule has 0 bridgehead atoms. The summed E-state index contributed by atoms with van der Waals surface area (Å²) in [5.74, 6) is 1.18. The Labute approximate surface area is 169 Å². The highest BCUT2D eigenvalue weighted by Crippen LogP contribution is 2.22. The van der Waals surface area contributed by atoms with Crippen LogP contribution in [0.5, 0.6) is 0 Å². The molecule has 1 fully saturated rings. The Morgan fingerprint density at radius 2 is 1.93 bits per heavy atom. The zero-order valence-electron chi connectivity index (χ0n) is 18.0. The normalized spacial score (nSPS) is 17.5. The van der Waals surface area contributed by atoms with Crippen molar-refractivity contribution in [3.8, 4) is 0 Å². The van der Waals surface area contributed by atoms with E-state index in [0.29, 0.717) is 11.9 Å². The molecule has 1 aliphatic heterocycles. The Bertz CT molecular complexity index is 641. The first-order valence-corrected chi connectivity index (χ1v) is 10.1. The molecule has 1 aromatic rings. The Kier molecular flexibility index (Phi) is 8.30. The molecule has 6 heteroatoms. The first-order valence-electron chi connectivity index (χ1n) is 10.1. The molecule has 0 aromatic heterocycles. The van der Waals surface area contributed by atoms with Crippen LogP contribution in [0.2, 0.25) is 0 Å². The van der Waals surface area contributed by atoms with E-state index >= 15 is 0 Å². The number of benzene rings is 1. The summed E-state index contributed by atoms with van der Waals surface area (Å²) >= 11 is 0. The van der Waals surface area contributed by atoms with Gasteiger partial charge in [0.05, 0.1) is 6.61 Å². The number of hydrogen-bond donors (Lipinski definition) is 2. The molecule has 0 spiro atoms. The number of carbonyl (C=O) groups excluding carboxylic acids is 1. The molecular formula is C22H36N4O2. The second-order valence-electron chi connectivity index (χ2n) is 8.69. The van der Waals surface area contributed by atoms with E-state index in [1.165, 1.54) is 11.1 Å². The Balaban J connectivity index is 1.87. The number of aliphatic imine (C=N–C) groups is 1. The first-order chi connectivity index (χ1) is 13.3. The van der Waals surface area contributed by atoms with Gasteiger partial charge in [-0.2, -0.15) is 0 Å². The largest absolute Gasteiger partial charge is 0.381 e. The summed E-state index contributed by atoms with van der Waals surface area (Å²) in [6.07, 6.45) is 1.97. The fourth-order valence-corrected chi connectivity index (χ4v) is 2.94. The van der Waals surface area contributed by atoms with Gasteiger partial charge in [-0.1, -0.05) is 45.0 Å². The second kappa shape index (κ2) is 10.5. The van der Waals surface area contributed by atoms with Gasteiger partial charge in [0.15, 0.2) is 5.96 Å². The van der Waals surface area contributed by atoms with Crippen LogP contribution in [-0.4, -0.2) is 63.7 Å². The van der Waals surface area contributed by atoms with Crippen LogP contribution in [0.25, 0.3) is 0 Å². The fourth-order valence-electron chi connectivity index (χ4n) is 2.94. The van der Waals surface area contributed by atoms with E-state index < -0.39 is 0 Å². The molecule has 6 nitrogen and oxygen atoms in total. The Morgan fingerprint density at radius 1 is 1.21 bits per heavy atom. The number of nitrogens with zero attached hydrogens (tertiary/aromatic N) is 2. The maximum absolute atomic E-state index is 11.9. The SMILES string of the molecule is CN(C)C(=O)CN=C(NCCc1ccc(C(C)(C)C)cc1)NCC1CCOC1. The lowest BCUT2D eigenvalue weighted by atomic mass is 9.86. The Hall–Kier alpha value is -2.08. The molecular weight excluding hydrogens is 352 g/mol. The van der Waals surface area contributed by atoms with Gasteiger partial charge in [-0.15, -0.1) is 0 Å². The molecule has 2 rings (SSSR count). The smallest absolute Gasteiger partial charge is 0.243 e. The molecule has 1 heterocycles. The van der Waals surface area contributed by atoms with Gasteiger partial charge in [0.1, 0.15) is 6.54 Å². The van der Waals surface area contributed by atoms with E-state index in [1.807, 2.05) is 0 Å². The van der Waals surface area contributed by atoms with Gasteiger partial charge < -0.3 is 20.3 Å². The molecule has 1 saturated heterocycles. The van der Waals surface area contributed by atoms with Gasteiger partial charge in [0, 0.05) is 39.7 Å². The van der Waals surface area contributed by atoms with E-state index in [4.69, 9.17) is 4.74 Å². The zero-order chi connectivity index (χ0) is 20.6. The molecule has 1 unspecified atom stereocenters. The lowest BCUT2D eigenvalue weighted by Gasteiger charge is -2.19. The average Bonchev–Trinajstić information content (AvgIpc) is 3.16. The molecule has 28 heavy (non-hydrogen) atoms. The number of amides is 1. The van der Waals surface area contributed by atoms with Gasteiger partial charge in [0.25, 0.3) is 0 Å². The predicted molar refractivity (Wildman–Crippen MR) is 115 cm³/mol. The zero-order valence-corrected chi connectivity index (χ0v) is 18.0. The highest BCUT2D eigenvalue weighted by Gasteiger charge is 2.16. The summed E-state index contributed by atoms with van der Waals surface area (Å²) in [5, 5.41) is 6.72. The monoisotopic (exact) mass is 388 g/mol. The van der Waals surface area contributed by atoms with E-state index in [0.717, 1.165) is 39.1 Å². The van der Waals surface area contributed by atoms with Crippen LogP contribution in [0.3, 0.4) is 0 Å². The Morgan fingerprint density at radius 3 is 2.50 bits per heavy atom. The first kappa shape index (κ1) is 22.2. The lowest BCUT2D eigenvalue weighted by molar-refractivity contribution is -0.127. The number of hydrogen-bond acceptors (Lipinski definition) is 3. The van der Waals surface area contributed by atoms with Crippen molar-refractivity contribution in [1.29, 1.82) is 0 Å². The predicted octanol–water partition coefficient (Wildman–Crippen LogP) is 2.19. The van der Waals surface area contributed by atoms with Gasteiger partial charge in [-0.25, -0.2) is 4.99 Å². The number of rotatable bonds is 7. The molecule has 2 N–H and O–H groups in total. The van der Waals surface area contributed by atoms with Gasteiger partial charge in [-0.3, -0.25) is 4.79 Å². The lowest BCUT2D eigenvalue weighted by Crippen LogP contribution is -2.41. The van der Waals surface area contributed by atoms with Crippen LogP contribution < -0.4 is 10.6 Å². The van der Waals surface area contributed by atoms with E-state index in [-0.39, 0.29) is 17.9 Å². The van der Waals surface area contributed by atoms with Crippen LogP contribution in [-0.2, 0) is 21.4 Å². The van der Waals surface area contributed by atoms with Crippen LogP contribution in [0.4, 0.5) is 0 Å². The summed E-state index contributed by atoms with van der Waals surface area (Å²) in [6.45, 7) is 10.0. The summed E-state index contributed by atoms with van der Waals surface area (Å²) in [6, 6.07) is 8.80. The average molecular weight is 389 g/mol.